The first-order valence-electron chi connectivity index (χ1n) is 10.5. The number of carbonyl (C=O) groups is 2. The van der Waals surface area contributed by atoms with Crippen molar-refractivity contribution >= 4 is 29.3 Å². The van der Waals surface area contributed by atoms with E-state index in [1.807, 2.05) is 24.3 Å². The van der Waals surface area contributed by atoms with Crippen LogP contribution in [0.25, 0.3) is 0 Å². The first-order valence-corrected chi connectivity index (χ1v) is 10.5. The molecular formula is C22H25N7O2. The zero-order chi connectivity index (χ0) is 21.8. The van der Waals surface area contributed by atoms with Gasteiger partial charge in [-0.1, -0.05) is 18.2 Å². The van der Waals surface area contributed by atoms with Crippen molar-refractivity contribution in [3.8, 4) is 6.07 Å². The van der Waals surface area contributed by atoms with E-state index in [0.717, 1.165) is 36.9 Å². The van der Waals surface area contributed by atoms with Gasteiger partial charge < -0.3 is 21.7 Å². The van der Waals surface area contributed by atoms with Crippen LogP contribution in [0.2, 0.25) is 0 Å². The van der Waals surface area contributed by atoms with Gasteiger partial charge in [-0.2, -0.15) is 10.2 Å². The highest BCUT2D eigenvalue weighted by atomic mass is 16.2. The van der Waals surface area contributed by atoms with Gasteiger partial charge in [0, 0.05) is 24.2 Å². The summed E-state index contributed by atoms with van der Waals surface area (Å²) >= 11 is 0. The Morgan fingerprint density at radius 3 is 2.77 bits per heavy atom. The number of amides is 2. The summed E-state index contributed by atoms with van der Waals surface area (Å²) < 4.78 is 0. The number of hydrogen-bond donors (Lipinski definition) is 4. The number of nitrogens with two attached hydrogens (primary N) is 1. The molecule has 0 spiro atoms. The van der Waals surface area contributed by atoms with Crippen LogP contribution in [0, 0.1) is 17.2 Å². The Morgan fingerprint density at radius 1 is 1.26 bits per heavy atom. The Hall–Kier alpha value is -3.67. The molecule has 9 heteroatoms. The molecule has 0 saturated heterocycles. The van der Waals surface area contributed by atoms with E-state index in [4.69, 9.17) is 5.73 Å². The second-order valence-corrected chi connectivity index (χ2v) is 8.01. The first-order chi connectivity index (χ1) is 15.0. The van der Waals surface area contributed by atoms with Crippen LogP contribution in [0.5, 0.6) is 0 Å². The largest absolute Gasteiger partial charge is 0.369 e. The molecule has 2 aliphatic rings. The van der Waals surface area contributed by atoms with E-state index in [0.29, 0.717) is 30.3 Å². The van der Waals surface area contributed by atoms with Crippen molar-refractivity contribution < 1.29 is 9.59 Å². The predicted molar refractivity (Wildman–Crippen MR) is 116 cm³/mol. The van der Waals surface area contributed by atoms with Crippen LogP contribution >= 0.6 is 0 Å². The van der Waals surface area contributed by atoms with Gasteiger partial charge in [0.15, 0.2) is 0 Å². The van der Waals surface area contributed by atoms with Crippen LogP contribution in [0.3, 0.4) is 0 Å². The average Bonchev–Trinajstić information content (AvgIpc) is 3.09. The van der Waals surface area contributed by atoms with Gasteiger partial charge in [-0.15, -0.1) is 0 Å². The maximum Gasteiger partial charge on any atom is 0.232 e. The number of fused-ring (bicyclic) bond motifs is 1. The maximum absolute atomic E-state index is 12.3. The monoisotopic (exact) mass is 419 g/mol. The number of aromatic nitrogens is 2. The van der Waals surface area contributed by atoms with E-state index in [1.54, 1.807) is 0 Å². The minimum Gasteiger partial charge on any atom is -0.369 e. The van der Waals surface area contributed by atoms with Gasteiger partial charge in [0.05, 0.1) is 12.1 Å². The van der Waals surface area contributed by atoms with Crippen LogP contribution in [0.1, 0.15) is 49.1 Å². The van der Waals surface area contributed by atoms with E-state index in [-0.39, 0.29) is 29.7 Å². The van der Waals surface area contributed by atoms with Crippen LogP contribution in [-0.2, 0) is 9.59 Å². The molecule has 1 atom stereocenters. The molecule has 1 aromatic heterocycles. The molecular weight excluding hydrogens is 394 g/mol. The molecule has 5 N–H and O–H groups in total. The average molecular weight is 419 g/mol. The van der Waals surface area contributed by atoms with Crippen molar-refractivity contribution in [3.05, 3.63) is 41.6 Å². The standard InChI is InChI=1S/C22H25N7O2/c23-11-14-12-26-22(29-20(14)27-15-7-5-13(6-8-15)19(24)30)25-10-9-17-16-3-1-2-4-18(16)28-21(17)31/h1-4,12-13,15,17H,5-10H2,(H2,24,30)(H,28,31)(H2,25,26,27,29). The maximum atomic E-state index is 12.3. The van der Waals surface area contributed by atoms with E-state index in [2.05, 4.69) is 32.0 Å². The number of primary amides is 1. The number of nitrogens with one attached hydrogen (secondary N) is 3. The molecule has 1 aromatic carbocycles. The molecule has 1 saturated carbocycles. The highest BCUT2D eigenvalue weighted by Crippen LogP contribution is 2.34. The number of nitriles is 1. The lowest BCUT2D eigenvalue weighted by atomic mass is 9.85. The van der Waals surface area contributed by atoms with Crippen molar-refractivity contribution in [3.63, 3.8) is 0 Å². The second kappa shape index (κ2) is 9.00. The third-order valence-electron chi connectivity index (χ3n) is 6.01. The van der Waals surface area contributed by atoms with Crippen molar-refractivity contribution in [2.24, 2.45) is 11.7 Å². The van der Waals surface area contributed by atoms with Crippen LogP contribution in [0.4, 0.5) is 17.5 Å². The molecule has 0 bridgehead atoms. The van der Waals surface area contributed by atoms with E-state index in [1.165, 1.54) is 6.20 Å². The first kappa shape index (κ1) is 20.6. The lowest BCUT2D eigenvalue weighted by Crippen LogP contribution is -2.32. The van der Waals surface area contributed by atoms with Gasteiger partial charge >= 0.3 is 0 Å². The Morgan fingerprint density at radius 2 is 2.03 bits per heavy atom. The summed E-state index contributed by atoms with van der Waals surface area (Å²) in [4.78, 5) is 32.3. The fourth-order valence-corrected chi connectivity index (χ4v) is 4.27. The van der Waals surface area contributed by atoms with Gasteiger partial charge in [-0.3, -0.25) is 9.59 Å². The smallest absolute Gasteiger partial charge is 0.232 e. The molecule has 1 unspecified atom stereocenters. The Labute approximate surface area is 180 Å². The van der Waals surface area contributed by atoms with E-state index >= 15 is 0 Å². The zero-order valence-electron chi connectivity index (χ0n) is 17.1. The second-order valence-electron chi connectivity index (χ2n) is 8.01. The van der Waals surface area contributed by atoms with Crippen molar-refractivity contribution in [1.29, 1.82) is 5.26 Å². The molecule has 31 heavy (non-hydrogen) atoms. The zero-order valence-corrected chi connectivity index (χ0v) is 17.1. The Balaban J connectivity index is 1.36. The number of rotatable bonds is 7. The van der Waals surface area contributed by atoms with E-state index in [9.17, 15) is 14.9 Å². The summed E-state index contributed by atoms with van der Waals surface area (Å²) in [7, 11) is 0. The van der Waals surface area contributed by atoms with Gasteiger partial charge in [-0.05, 0) is 43.7 Å². The number of nitrogens with zero attached hydrogens (tertiary/aromatic N) is 3. The minimum atomic E-state index is -0.247. The predicted octanol–water partition coefficient (Wildman–Crippen LogP) is 2.34. The molecule has 2 heterocycles. The summed E-state index contributed by atoms with van der Waals surface area (Å²) in [5.74, 6) is 0.348. The molecule has 1 aliphatic carbocycles. The molecule has 0 radical (unpaired) electrons. The van der Waals surface area contributed by atoms with E-state index < -0.39 is 0 Å². The number of carbonyl (C=O) groups excluding carboxylic acids is 2. The van der Waals surface area contributed by atoms with Crippen LogP contribution in [0.15, 0.2) is 30.5 Å². The summed E-state index contributed by atoms with van der Waals surface area (Å²) in [6.45, 7) is 0.515. The highest BCUT2D eigenvalue weighted by molar-refractivity contribution is 6.02. The lowest BCUT2D eigenvalue weighted by molar-refractivity contribution is -0.122. The SMILES string of the molecule is N#Cc1cnc(NCCC2C(=O)Nc3ccccc32)nc1NC1CCC(C(N)=O)CC1. The number of anilines is 3. The van der Waals surface area contributed by atoms with Gasteiger partial charge in [0.1, 0.15) is 17.5 Å². The fraction of sp³-hybridized carbons (Fsp3) is 0.409. The van der Waals surface area contributed by atoms with Crippen molar-refractivity contribution in [2.75, 3.05) is 22.5 Å². The Bertz CT molecular complexity index is 1020. The van der Waals surface area contributed by atoms with Crippen LogP contribution < -0.4 is 21.7 Å². The van der Waals surface area contributed by atoms with Crippen LogP contribution in [-0.4, -0.2) is 34.4 Å². The summed E-state index contributed by atoms with van der Waals surface area (Å²) in [5, 5.41) is 18.8. The topological polar surface area (TPSA) is 146 Å². The molecule has 9 nitrogen and oxygen atoms in total. The molecule has 160 valence electrons. The number of benzene rings is 1. The molecule has 1 fully saturated rings. The van der Waals surface area contributed by atoms with Crippen molar-refractivity contribution in [2.45, 2.75) is 44.1 Å². The fourth-order valence-electron chi connectivity index (χ4n) is 4.27. The third-order valence-corrected chi connectivity index (χ3v) is 6.01. The number of hydrogen-bond acceptors (Lipinski definition) is 7. The van der Waals surface area contributed by atoms with Gasteiger partial charge in [-0.25, -0.2) is 4.98 Å². The van der Waals surface area contributed by atoms with Gasteiger partial charge in [0.25, 0.3) is 0 Å². The van der Waals surface area contributed by atoms with Gasteiger partial charge in [0.2, 0.25) is 17.8 Å². The summed E-state index contributed by atoms with van der Waals surface area (Å²) in [6.07, 6.45) is 5.14. The lowest BCUT2D eigenvalue weighted by Gasteiger charge is -2.28. The number of para-hydroxylation sites is 1. The summed E-state index contributed by atoms with van der Waals surface area (Å²) in [5.41, 5.74) is 7.64. The quantitative estimate of drug-likeness (QED) is 0.539. The molecule has 1 aliphatic heterocycles. The molecule has 4 rings (SSSR count). The molecule has 2 amide bonds. The normalized spacial score (nSPS) is 22.2. The Kier molecular flexibility index (Phi) is 5.98. The summed E-state index contributed by atoms with van der Waals surface area (Å²) in [6, 6.07) is 9.94. The highest BCUT2D eigenvalue weighted by Gasteiger charge is 2.29. The minimum absolute atomic E-state index is 0.00216. The van der Waals surface area contributed by atoms with Crippen molar-refractivity contribution in [1.82, 2.24) is 9.97 Å². The molecule has 2 aromatic rings. The third kappa shape index (κ3) is 4.58.